The van der Waals surface area contributed by atoms with E-state index in [1.807, 2.05) is 0 Å². The van der Waals surface area contributed by atoms with Gasteiger partial charge in [-0.3, -0.25) is 4.55 Å². The molecule has 2 aromatic rings. The minimum Gasteiger partial charge on any atom is -0.448 e. The first kappa shape index (κ1) is 17.1. The maximum atomic E-state index is 13.5. The molecule has 140 valence electrons. The van der Waals surface area contributed by atoms with Crippen molar-refractivity contribution in [1.82, 2.24) is 0 Å². The molecule has 4 rings (SSSR count). The lowest BCUT2D eigenvalue weighted by Gasteiger charge is -2.22. The summed E-state index contributed by atoms with van der Waals surface area (Å²) in [7, 11) is -6.08. The average molecular weight is 392 g/mol. The van der Waals surface area contributed by atoms with Crippen molar-refractivity contribution in [2.75, 3.05) is 0 Å². The molecule has 0 saturated heterocycles. The maximum Gasteiger partial charge on any atom is 0.466 e. The number of carbonyl (C=O) groups is 2. The van der Waals surface area contributed by atoms with Crippen LogP contribution in [0, 0.1) is 0 Å². The highest BCUT2D eigenvalue weighted by atomic mass is 32.2. The third-order valence-corrected chi connectivity index (χ3v) is 5.39. The number of alkyl halides is 2. The second-order valence-electron chi connectivity index (χ2n) is 6.18. The molecule has 1 fully saturated rings. The SMILES string of the molecule is O=C1Oc2c(OC(=O)C(F)(F)S(=O)(=O)O)c3oc2c1c3C1(O)CCCC1. The quantitative estimate of drug-likeness (QED) is 0.450. The zero-order valence-electron chi connectivity index (χ0n) is 12.7. The second kappa shape index (κ2) is 4.90. The number of esters is 2. The van der Waals surface area contributed by atoms with Gasteiger partial charge in [0.1, 0.15) is 5.56 Å². The lowest BCUT2D eigenvalue weighted by Crippen LogP contribution is -2.40. The number of halogens is 2. The molecule has 1 aliphatic heterocycles. The van der Waals surface area contributed by atoms with Gasteiger partial charge in [0.15, 0.2) is 11.2 Å². The molecule has 0 spiro atoms. The fraction of sp³-hybridized carbons (Fsp3) is 0.429. The Labute approximate surface area is 143 Å². The van der Waals surface area contributed by atoms with Crippen LogP contribution in [0.3, 0.4) is 0 Å². The van der Waals surface area contributed by atoms with E-state index in [1.54, 1.807) is 0 Å². The molecule has 1 saturated carbocycles. The second-order valence-corrected chi connectivity index (χ2v) is 7.64. The van der Waals surface area contributed by atoms with Gasteiger partial charge in [-0.25, -0.2) is 9.59 Å². The maximum absolute atomic E-state index is 13.5. The van der Waals surface area contributed by atoms with Crippen LogP contribution in [0.15, 0.2) is 4.42 Å². The third-order valence-electron chi connectivity index (χ3n) is 4.58. The minimum atomic E-state index is -6.08. The van der Waals surface area contributed by atoms with E-state index in [4.69, 9.17) is 13.7 Å². The van der Waals surface area contributed by atoms with Crippen LogP contribution in [0.25, 0.3) is 11.2 Å². The molecule has 0 atom stereocenters. The summed E-state index contributed by atoms with van der Waals surface area (Å²) in [4.78, 5) is 23.6. The first-order valence-corrected chi connectivity index (χ1v) is 8.85. The Morgan fingerprint density at radius 1 is 1.23 bits per heavy atom. The molecule has 26 heavy (non-hydrogen) atoms. The van der Waals surface area contributed by atoms with Crippen molar-refractivity contribution < 1.29 is 50.3 Å². The predicted molar refractivity (Wildman–Crippen MR) is 76.9 cm³/mol. The van der Waals surface area contributed by atoms with Gasteiger partial charge < -0.3 is 19.0 Å². The summed E-state index contributed by atoms with van der Waals surface area (Å²) in [6.07, 6.45) is 1.79. The summed E-state index contributed by atoms with van der Waals surface area (Å²) in [6, 6.07) is 0. The number of rotatable bonds is 4. The van der Waals surface area contributed by atoms with Gasteiger partial charge >= 0.3 is 27.3 Å². The topological polar surface area (TPSA) is 140 Å². The molecule has 2 aliphatic rings. The number of hydrogen-bond acceptors (Lipinski definition) is 8. The highest BCUT2D eigenvalue weighted by Crippen LogP contribution is 2.57. The highest BCUT2D eigenvalue weighted by Gasteiger charge is 2.56. The largest absolute Gasteiger partial charge is 0.466 e. The van der Waals surface area contributed by atoms with Crippen molar-refractivity contribution in [2.24, 2.45) is 0 Å². The van der Waals surface area contributed by atoms with Gasteiger partial charge in [-0.05, 0) is 12.8 Å². The van der Waals surface area contributed by atoms with Gasteiger partial charge in [0, 0.05) is 5.56 Å². The Morgan fingerprint density at radius 3 is 2.42 bits per heavy atom. The standard InChI is InChI=1S/C14H10F2O9S/c15-14(16,26(20,21)22)12(18)25-10-8-6(13(19)3-1-2-4-13)5-7(23-8)9(10)24-11(5)17/h19H,1-4H2,(H,20,21,22). The number of ether oxygens (including phenoxy) is 2. The Kier molecular flexibility index (Phi) is 3.22. The number of carbonyl (C=O) groups excluding carboxylic acids is 2. The number of furan rings is 2. The van der Waals surface area contributed by atoms with Crippen LogP contribution in [-0.4, -0.2) is 35.3 Å². The van der Waals surface area contributed by atoms with Crippen molar-refractivity contribution in [3.63, 3.8) is 0 Å². The van der Waals surface area contributed by atoms with Gasteiger partial charge in [-0.1, -0.05) is 12.8 Å². The van der Waals surface area contributed by atoms with Crippen LogP contribution >= 0.6 is 0 Å². The van der Waals surface area contributed by atoms with Crippen LogP contribution in [0.4, 0.5) is 8.78 Å². The van der Waals surface area contributed by atoms with E-state index in [0.29, 0.717) is 12.8 Å². The fourth-order valence-electron chi connectivity index (χ4n) is 3.39. The van der Waals surface area contributed by atoms with Gasteiger partial charge in [-0.2, -0.15) is 17.2 Å². The fourth-order valence-corrected chi connectivity index (χ4v) is 3.64. The molecule has 2 aromatic heterocycles. The Morgan fingerprint density at radius 2 is 1.85 bits per heavy atom. The lowest BCUT2D eigenvalue weighted by atomic mass is 9.88. The summed E-state index contributed by atoms with van der Waals surface area (Å²) in [6.45, 7) is 0. The predicted octanol–water partition coefficient (Wildman–Crippen LogP) is 1.55. The molecular formula is C14H10F2O9S. The van der Waals surface area contributed by atoms with E-state index in [9.17, 15) is 31.9 Å². The number of hydrogen-bond donors (Lipinski definition) is 2. The molecule has 0 aromatic carbocycles. The normalized spacial score (nSPS) is 19.3. The van der Waals surface area contributed by atoms with Crippen LogP contribution in [-0.2, 0) is 20.5 Å². The monoisotopic (exact) mass is 392 g/mol. The summed E-state index contributed by atoms with van der Waals surface area (Å²) in [5.41, 5.74) is -2.13. The first-order valence-electron chi connectivity index (χ1n) is 7.41. The van der Waals surface area contributed by atoms with Crippen LogP contribution in [0.2, 0.25) is 0 Å². The lowest BCUT2D eigenvalue weighted by molar-refractivity contribution is -0.151. The summed E-state index contributed by atoms with van der Waals surface area (Å²) >= 11 is 0. The van der Waals surface area contributed by atoms with Gasteiger partial charge in [0.2, 0.25) is 11.5 Å². The average Bonchev–Trinajstić information content (AvgIpc) is 3.23. The van der Waals surface area contributed by atoms with E-state index in [-0.39, 0.29) is 35.1 Å². The van der Waals surface area contributed by atoms with E-state index in [2.05, 4.69) is 4.74 Å². The third kappa shape index (κ3) is 2.03. The van der Waals surface area contributed by atoms with Crippen molar-refractivity contribution in [3.05, 3.63) is 11.1 Å². The summed E-state index contributed by atoms with van der Waals surface area (Å²) in [5, 5.41) is 5.52. The number of fused-ring (bicyclic) bond motifs is 1. The molecule has 12 heteroatoms. The molecule has 9 nitrogen and oxygen atoms in total. The smallest absolute Gasteiger partial charge is 0.448 e. The van der Waals surface area contributed by atoms with Crippen LogP contribution in [0.5, 0.6) is 11.5 Å². The summed E-state index contributed by atoms with van der Waals surface area (Å²) < 4.78 is 71.3. The Bertz CT molecular complexity index is 1050. The van der Waals surface area contributed by atoms with E-state index in [0.717, 1.165) is 0 Å². The van der Waals surface area contributed by atoms with Crippen LogP contribution < -0.4 is 9.47 Å². The zero-order valence-corrected chi connectivity index (χ0v) is 13.6. The molecule has 0 radical (unpaired) electrons. The van der Waals surface area contributed by atoms with Crippen molar-refractivity contribution in [1.29, 1.82) is 0 Å². The summed E-state index contributed by atoms with van der Waals surface area (Å²) in [5.74, 6) is -4.70. The molecule has 3 heterocycles. The van der Waals surface area contributed by atoms with Crippen molar-refractivity contribution in [2.45, 2.75) is 36.5 Å². The Hall–Kier alpha value is -2.31. The molecule has 1 aliphatic carbocycles. The number of benzene rings is 1. The van der Waals surface area contributed by atoms with E-state index < -0.39 is 44.4 Å². The van der Waals surface area contributed by atoms with E-state index in [1.165, 1.54) is 0 Å². The molecular weight excluding hydrogens is 382 g/mol. The first-order chi connectivity index (χ1) is 12.0. The Balaban J connectivity index is 1.82. The van der Waals surface area contributed by atoms with Crippen molar-refractivity contribution in [3.8, 4) is 11.5 Å². The number of aliphatic hydroxyl groups is 1. The van der Waals surface area contributed by atoms with Gasteiger partial charge in [0.25, 0.3) is 0 Å². The molecule has 0 amide bonds. The van der Waals surface area contributed by atoms with Crippen LogP contribution in [0.1, 0.15) is 41.6 Å². The van der Waals surface area contributed by atoms with Gasteiger partial charge in [-0.15, -0.1) is 0 Å². The minimum absolute atomic E-state index is 0.0331. The molecule has 2 bridgehead atoms. The zero-order chi connectivity index (χ0) is 19.1. The molecule has 2 N–H and O–H groups in total. The van der Waals surface area contributed by atoms with E-state index >= 15 is 0 Å². The van der Waals surface area contributed by atoms with Crippen molar-refractivity contribution >= 4 is 33.2 Å². The highest BCUT2D eigenvalue weighted by molar-refractivity contribution is 7.87. The molecule has 0 unspecified atom stereocenters. The van der Waals surface area contributed by atoms with Gasteiger partial charge in [0.05, 0.1) is 5.60 Å².